The Morgan fingerprint density at radius 3 is 2.32 bits per heavy atom. The Labute approximate surface area is 240 Å². The molecule has 1 N–H and O–H groups in total. The topological polar surface area (TPSA) is 63.7 Å². The van der Waals surface area contributed by atoms with Crippen LogP contribution in [0.5, 0.6) is 0 Å². The van der Waals surface area contributed by atoms with Crippen LogP contribution in [-0.4, -0.2) is 52.7 Å². The van der Waals surface area contributed by atoms with Gasteiger partial charge in [0.2, 0.25) is 0 Å². The number of carbonyl (C=O) groups excluding carboxylic acids is 1. The van der Waals surface area contributed by atoms with Crippen LogP contribution in [0.1, 0.15) is 66.8 Å². The van der Waals surface area contributed by atoms with Crippen molar-refractivity contribution in [2.75, 3.05) is 19.6 Å². The van der Waals surface area contributed by atoms with E-state index < -0.39 is 28.7 Å². The average Bonchev–Trinajstić information content (AvgIpc) is 3.48. The predicted molar refractivity (Wildman–Crippen MR) is 150 cm³/mol. The van der Waals surface area contributed by atoms with Gasteiger partial charge in [-0.2, -0.15) is 13.2 Å². The van der Waals surface area contributed by atoms with Crippen LogP contribution in [-0.2, 0) is 21.4 Å². The number of nitrogens with zero attached hydrogens (tertiary/aromatic N) is 2. The largest absolute Gasteiger partial charge is 0.416 e. The number of alkyl halides is 3. The molecule has 4 aliphatic rings. The Bertz CT molecular complexity index is 1340. The molecule has 3 heterocycles. The van der Waals surface area contributed by atoms with E-state index in [0.29, 0.717) is 17.7 Å². The second-order valence-electron chi connectivity index (χ2n) is 11.9. The molecule has 6 nitrogen and oxygen atoms in total. The van der Waals surface area contributed by atoms with E-state index in [4.69, 9.17) is 9.47 Å². The van der Waals surface area contributed by atoms with Crippen molar-refractivity contribution in [1.82, 2.24) is 15.2 Å². The minimum atomic E-state index is -4.40. The molecule has 0 spiro atoms. The molecule has 6 rings (SSSR count). The van der Waals surface area contributed by atoms with Gasteiger partial charge in [-0.15, -0.1) is 0 Å². The standard InChI is InChI=1S/C32H36F3N3O3.H2/c1-21-10-16-36-23(3)27(21)28(39)37-17-11-22(2)38-18-12-25(13-19-38)31(24-6-8-26(9-7-24)32(33,34)35)40-29-14-4-5-15-30(29,20-29)41-31;/h4-10,14-16,22,25H,11-13,17-20H2,1-3H3,(H,37,39);1H. The Balaban J connectivity index is 0.00000353. The third-order valence-corrected chi connectivity index (χ3v) is 9.35. The lowest BCUT2D eigenvalue weighted by Gasteiger charge is -2.44. The molecule has 2 aromatic rings. The second-order valence-corrected chi connectivity index (χ2v) is 11.9. The first-order valence-corrected chi connectivity index (χ1v) is 14.4. The van der Waals surface area contributed by atoms with Crippen molar-refractivity contribution in [3.8, 4) is 0 Å². The van der Waals surface area contributed by atoms with Crippen molar-refractivity contribution in [1.29, 1.82) is 0 Å². The lowest BCUT2D eigenvalue weighted by molar-refractivity contribution is -0.258. The van der Waals surface area contributed by atoms with Gasteiger partial charge in [0.15, 0.2) is 5.79 Å². The summed E-state index contributed by atoms with van der Waals surface area (Å²) in [6, 6.07) is 7.37. The maximum atomic E-state index is 13.3. The molecule has 9 heteroatoms. The summed E-state index contributed by atoms with van der Waals surface area (Å²) in [7, 11) is 0. The molecule has 1 aromatic heterocycles. The van der Waals surface area contributed by atoms with Crippen molar-refractivity contribution in [3.63, 3.8) is 0 Å². The van der Waals surface area contributed by atoms with Gasteiger partial charge in [0, 0.05) is 38.1 Å². The van der Waals surface area contributed by atoms with Crippen LogP contribution < -0.4 is 5.32 Å². The average molecular weight is 570 g/mol. The second kappa shape index (κ2) is 10.1. The first-order valence-electron chi connectivity index (χ1n) is 14.4. The third kappa shape index (κ3) is 4.81. The van der Waals surface area contributed by atoms with Crippen molar-refractivity contribution < 1.29 is 28.9 Å². The minimum absolute atomic E-state index is 0. The molecule has 0 radical (unpaired) electrons. The molecular formula is C32H38F3N3O3. The predicted octanol–water partition coefficient (Wildman–Crippen LogP) is 6.09. The molecule has 1 saturated carbocycles. The fourth-order valence-electron chi connectivity index (χ4n) is 6.88. The number of benzene rings is 1. The van der Waals surface area contributed by atoms with E-state index in [1.54, 1.807) is 6.20 Å². The number of piperidine rings is 1. The van der Waals surface area contributed by atoms with Crippen molar-refractivity contribution in [2.45, 2.75) is 75.7 Å². The molecule has 41 heavy (non-hydrogen) atoms. The van der Waals surface area contributed by atoms with Gasteiger partial charge in [0.05, 0.1) is 16.8 Å². The first kappa shape index (κ1) is 28.1. The monoisotopic (exact) mass is 569 g/mol. The maximum Gasteiger partial charge on any atom is 0.416 e. The zero-order chi connectivity index (χ0) is 29.0. The summed E-state index contributed by atoms with van der Waals surface area (Å²) < 4.78 is 53.5. The van der Waals surface area contributed by atoms with Crippen LogP contribution in [0, 0.1) is 19.8 Å². The van der Waals surface area contributed by atoms with Gasteiger partial charge in [-0.25, -0.2) is 0 Å². The van der Waals surface area contributed by atoms with Crippen LogP contribution in [0.2, 0.25) is 0 Å². The summed E-state index contributed by atoms with van der Waals surface area (Å²) >= 11 is 0. The van der Waals surface area contributed by atoms with Gasteiger partial charge in [0.1, 0.15) is 11.2 Å². The zero-order valence-corrected chi connectivity index (χ0v) is 23.6. The number of nitrogens with one attached hydrogen (secondary N) is 1. The lowest BCUT2D eigenvalue weighted by Crippen LogP contribution is -2.48. The summed E-state index contributed by atoms with van der Waals surface area (Å²) in [5.41, 5.74) is 1.10. The lowest BCUT2D eigenvalue weighted by atomic mass is 9.83. The Hall–Kier alpha value is -3.01. The number of halogens is 3. The zero-order valence-electron chi connectivity index (χ0n) is 23.6. The highest BCUT2D eigenvalue weighted by atomic mass is 19.4. The normalized spacial score (nSPS) is 30.1. The van der Waals surface area contributed by atoms with Gasteiger partial charge in [0.25, 0.3) is 5.91 Å². The molecule has 1 amide bonds. The van der Waals surface area contributed by atoms with E-state index in [-0.39, 0.29) is 19.3 Å². The number of carbonyl (C=O) groups is 1. The highest BCUT2D eigenvalue weighted by Crippen LogP contribution is 2.69. The van der Waals surface area contributed by atoms with Gasteiger partial charge < -0.3 is 19.7 Å². The number of pyridine rings is 1. The number of aryl methyl sites for hydroxylation is 2. The van der Waals surface area contributed by atoms with E-state index in [1.807, 2.05) is 44.2 Å². The van der Waals surface area contributed by atoms with Gasteiger partial charge in [-0.1, -0.05) is 24.3 Å². The number of amides is 1. The fraction of sp³-hybridized carbons (Fsp3) is 0.500. The quantitative estimate of drug-likeness (QED) is 0.437. The van der Waals surface area contributed by atoms with Crippen molar-refractivity contribution in [2.24, 2.45) is 5.92 Å². The summed E-state index contributed by atoms with van der Waals surface area (Å²) in [5.74, 6) is -1.22. The summed E-state index contributed by atoms with van der Waals surface area (Å²) in [6.07, 6.45) is 8.35. The Kier molecular flexibility index (Phi) is 6.91. The number of allylic oxidation sites excluding steroid dienone is 2. The number of hydrogen-bond donors (Lipinski definition) is 1. The van der Waals surface area contributed by atoms with Gasteiger partial charge >= 0.3 is 6.18 Å². The summed E-state index contributed by atoms with van der Waals surface area (Å²) in [4.78, 5) is 19.4. The van der Waals surface area contributed by atoms with E-state index in [2.05, 4.69) is 22.1 Å². The highest BCUT2D eigenvalue weighted by Gasteiger charge is 2.79. The molecular weight excluding hydrogens is 531 g/mol. The molecule has 3 unspecified atom stereocenters. The minimum Gasteiger partial charge on any atom is -0.352 e. The number of rotatable bonds is 7. The Morgan fingerprint density at radius 2 is 1.73 bits per heavy atom. The molecule has 3 fully saturated rings. The van der Waals surface area contributed by atoms with Crippen molar-refractivity contribution >= 4 is 5.91 Å². The SMILES string of the molecule is Cc1ccnc(C)c1C(=O)NCCC(C)N1CCC(C2(c3ccc(C(F)(F)F)cc3)OC34C=CC=CC3(C4)O2)CC1.[HH]. The highest BCUT2D eigenvalue weighted by molar-refractivity contribution is 5.96. The third-order valence-electron chi connectivity index (χ3n) is 9.35. The summed E-state index contributed by atoms with van der Waals surface area (Å²) in [6.45, 7) is 8.09. The fourth-order valence-corrected chi connectivity index (χ4v) is 6.88. The van der Waals surface area contributed by atoms with Crippen LogP contribution >= 0.6 is 0 Å². The van der Waals surface area contributed by atoms with E-state index in [9.17, 15) is 18.0 Å². The van der Waals surface area contributed by atoms with Crippen LogP contribution in [0.25, 0.3) is 0 Å². The number of aromatic nitrogens is 1. The van der Waals surface area contributed by atoms with Crippen LogP contribution in [0.4, 0.5) is 13.2 Å². The molecule has 2 saturated heterocycles. The molecule has 0 bridgehead atoms. The van der Waals surface area contributed by atoms with E-state index >= 15 is 0 Å². The molecule has 3 atom stereocenters. The molecule has 2 aliphatic carbocycles. The first-order chi connectivity index (χ1) is 19.5. The number of ether oxygens (including phenoxy) is 2. The molecule has 220 valence electrons. The van der Waals surface area contributed by atoms with Gasteiger partial charge in [-0.3, -0.25) is 9.78 Å². The smallest absolute Gasteiger partial charge is 0.352 e. The number of hydrogen-bond acceptors (Lipinski definition) is 5. The number of likely N-dealkylation sites (tertiary alicyclic amines) is 1. The van der Waals surface area contributed by atoms with E-state index in [0.717, 1.165) is 62.2 Å². The maximum absolute atomic E-state index is 13.3. The van der Waals surface area contributed by atoms with Gasteiger partial charge in [-0.05, 0) is 89.0 Å². The van der Waals surface area contributed by atoms with Crippen LogP contribution in [0.15, 0.2) is 60.8 Å². The van der Waals surface area contributed by atoms with E-state index in [1.165, 1.54) is 12.1 Å². The Morgan fingerprint density at radius 1 is 1.10 bits per heavy atom. The molecule has 1 aromatic carbocycles. The molecule has 2 aliphatic heterocycles. The van der Waals surface area contributed by atoms with Crippen molar-refractivity contribution in [3.05, 3.63) is 88.8 Å². The van der Waals surface area contributed by atoms with Crippen LogP contribution in [0.3, 0.4) is 0 Å². The summed E-state index contributed by atoms with van der Waals surface area (Å²) in [5, 5.41) is 3.05.